The molecule has 0 spiro atoms. The number of ketones is 1. The third-order valence-electron chi connectivity index (χ3n) is 4.87. The van der Waals surface area contributed by atoms with Gasteiger partial charge in [0, 0.05) is 29.1 Å². The number of nitrogens with one attached hydrogen (secondary N) is 2. The zero-order chi connectivity index (χ0) is 22.0. The Labute approximate surface area is 174 Å². The Morgan fingerprint density at radius 2 is 1.84 bits per heavy atom. The molecular formula is C23H16F3N3O2. The zero-order valence-electron chi connectivity index (χ0n) is 16.0. The first-order valence-electron chi connectivity index (χ1n) is 9.33. The molecule has 0 radical (unpaired) electrons. The van der Waals surface area contributed by atoms with Crippen molar-refractivity contribution in [3.8, 4) is 11.3 Å². The summed E-state index contributed by atoms with van der Waals surface area (Å²) >= 11 is 0. The topological polar surface area (TPSA) is 74.8 Å². The highest BCUT2D eigenvalue weighted by molar-refractivity contribution is 5.99. The lowest BCUT2D eigenvalue weighted by Crippen LogP contribution is -2.08. The average Bonchev–Trinajstić information content (AvgIpc) is 3.16. The van der Waals surface area contributed by atoms with Crippen LogP contribution in [0.25, 0.3) is 22.2 Å². The maximum absolute atomic E-state index is 12.7. The molecule has 0 aliphatic rings. The predicted molar refractivity (Wildman–Crippen MR) is 111 cm³/mol. The summed E-state index contributed by atoms with van der Waals surface area (Å²) in [7, 11) is 0. The first kappa shape index (κ1) is 20.3. The highest BCUT2D eigenvalue weighted by Gasteiger charge is 2.30. The van der Waals surface area contributed by atoms with Crippen LogP contribution in [0.1, 0.15) is 21.6 Å². The summed E-state index contributed by atoms with van der Waals surface area (Å²) < 4.78 is 38.1. The van der Waals surface area contributed by atoms with Gasteiger partial charge in [-0.05, 0) is 42.0 Å². The Bertz CT molecular complexity index is 1260. The van der Waals surface area contributed by atoms with Gasteiger partial charge in [-0.15, -0.1) is 0 Å². The molecule has 0 unspecified atom stereocenters. The smallest absolute Gasteiger partial charge is 0.359 e. The average molecular weight is 423 g/mol. The van der Waals surface area contributed by atoms with E-state index >= 15 is 0 Å². The van der Waals surface area contributed by atoms with E-state index in [1.165, 1.54) is 12.1 Å². The van der Waals surface area contributed by atoms with Gasteiger partial charge in [0.2, 0.25) is 6.41 Å². The summed E-state index contributed by atoms with van der Waals surface area (Å²) in [6.45, 7) is 0. The number of alkyl halides is 3. The molecule has 0 aliphatic carbocycles. The van der Waals surface area contributed by atoms with E-state index in [2.05, 4.69) is 15.3 Å². The Morgan fingerprint density at radius 1 is 1.06 bits per heavy atom. The standard InChI is InChI=1S/C23H16F3N3O2/c24-23(25,26)16-7-4-14(5-8-16)10-22(31)20-3-1-2-18(29-20)15-6-9-19-17(11-15)21(12-27-19)28-13-30/h1-9,11-13,27H,10H2,(H,28,30). The number of carbonyl (C=O) groups excluding carboxylic acids is 2. The van der Waals surface area contributed by atoms with Crippen LogP contribution >= 0.6 is 0 Å². The van der Waals surface area contributed by atoms with Crippen molar-refractivity contribution in [2.75, 3.05) is 5.32 Å². The maximum atomic E-state index is 12.7. The van der Waals surface area contributed by atoms with Crippen LogP contribution in [-0.4, -0.2) is 22.2 Å². The van der Waals surface area contributed by atoms with Crippen LogP contribution in [0.4, 0.5) is 18.9 Å². The minimum atomic E-state index is -4.42. The van der Waals surface area contributed by atoms with E-state index in [0.717, 1.165) is 28.6 Å². The number of aromatic nitrogens is 2. The van der Waals surface area contributed by atoms with Crippen molar-refractivity contribution >= 4 is 28.8 Å². The highest BCUT2D eigenvalue weighted by atomic mass is 19.4. The van der Waals surface area contributed by atoms with E-state index in [9.17, 15) is 22.8 Å². The van der Waals surface area contributed by atoms with Crippen molar-refractivity contribution in [1.29, 1.82) is 0 Å². The lowest BCUT2D eigenvalue weighted by Gasteiger charge is -2.08. The van der Waals surface area contributed by atoms with Crippen LogP contribution in [0.3, 0.4) is 0 Å². The predicted octanol–water partition coefficient (Wildman–Crippen LogP) is 5.24. The monoisotopic (exact) mass is 423 g/mol. The van der Waals surface area contributed by atoms with E-state index < -0.39 is 11.7 Å². The molecule has 4 rings (SSSR count). The number of fused-ring (bicyclic) bond motifs is 1. The molecule has 31 heavy (non-hydrogen) atoms. The van der Waals surface area contributed by atoms with Crippen LogP contribution in [-0.2, 0) is 17.4 Å². The second kappa shape index (κ2) is 8.06. The Kier molecular flexibility index (Phi) is 5.29. The van der Waals surface area contributed by atoms with Gasteiger partial charge in [-0.2, -0.15) is 13.2 Å². The molecule has 8 heteroatoms. The molecule has 4 aromatic rings. The molecule has 0 fully saturated rings. The molecule has 2 aromatic heterocycles. The van der Waals surface area contributed by atoms with Crippen molar-refractivity contribution in [3.63, 3.8) is 0 Å². The summed E-state index contributed by atoms with van der Waals surface area (Å²) in [6.07, 6.45) is -2.20. The minimum absolute atomic E-state index is 0.0567. The molecule has 2 aromatic carbocycles. The Hall–Kier alpha value is -3.94. The van der Waals surface area contributed by atoms with Crippen molar-refractivity contribution in [1.82, 2.24) is 9.97 Å². The SMILES string of the molecule is O=CNc1c[nH]c2ccc(-c3cccc(C(=O)Cc4ccc(C(F)(F)F)cc4)n3)cc12. The summed E-state index contributed by atoms with van der Waals surface area (Å²) in [5.74, 6) is -0.298. The van der Waals surface area contributed by atoms with Crippen LogP contribution in [0.5, 0.6) is 0 Å². The molecule has 156 valence electrons. The van der Waals surface area contributed by atoms with E-state index in [4.69, 9.17) is 0 Å². The summed E-state index contributed by atoms with van der Waals surface area (Å²) in [4.78, 5) is 30.9. The van der Waals surface area contributed by atoms with Crippen molar-refractivity contribution in [2.45, 2.75) is 12.6 Å². The fourth-order valence-electron chi connectivity index (χ4n) is 3.30. The second-order valence-corrected chi connectivity index (χ2v) is 6.93. The first-order chi connectivity index (χ1) is 14.8. The number of amides is 1. The normalized spacial score (nSPS) is 11.5. The molecule has 0 atom stereocenters. The molecular weight excluding hydrogens is 407 g/mol. The number of benzene rings is 2. The lowest BCUT2D eigenvalue weighted by atomic mass is 10.0. The number of hydrogen-bond donors (Lipinski definition) is 2. The number of nitrogens with zero attached hydrogens (tertiary/aromatic N) is 1. The van der Waals surface area contributed by atoms with Crippen LogP contribution < -0.4 is 5.32 Å². The molecule has 5 nitrogen and oxygen atoms in total. The Balaban J connectivity index is 1.58. The first-order valence-corrected chi connectivity index (χ1v) is 9.33. The van der Waals surface area contributed by atoms with Crippen LogP contribution in [0, 0.1) is 0 Å². The number of Topliss-reactive ketones (excluding diaryl/α,β-unsaturated/α-hetero) is 1. The molecule has 0 aliphatic heterocycles. The number of halogens is 3. The van der Waals surface area contributed by atoms with Crippen molar-refractivity contribution in [2.24, 2.45) is 0 Å². The number of rotatable bonds is 6. The third kappa shape index (κ3) is 4.32. The van der Waals surface area contributed by atoms with Crippen molar-refractivity contribution in [3.05, 3.63) is 83.7 Å². The number of aromatic amines is 1. The largest absolute Gasteiger partial charge is 0.416 e. The highest BCUT2D eigenvalue weighted by Crippen LogP contribution is 2.30. The summed E-state index contributed by atoms with van der Waals surface area (Å²) in [6, 6.07) is 15.1. The van der Waals surface area contributed by atoms with Gasteiger partial charge in [0.25, 0.3) is 0 Å². The maximum Gasteiger partial charge on any atom is 0.416 e. The van der Waals surface area contributed by atoms with E-state index in [1.54, 1.807) is 24.4 Å². The summed E-state index contributed by atoms with van der Waals surface area (Å²) in [5.41, 5.74) is 2.72. The fraction of sp³-hybridized carbons (Fsp3) is 0.0870. The number of H-pyrrole nitrogens is 1. The quantitative estimate of drug-likeness (QED) is 0.329. The number of hydrogen-bond acceptors (Lipinski definition) is 3. The molecule has 0 saturated heterocycles. The van der Waals surface area contributed by atoms with Crippen LogP contribution in [0.15, 0.2) is 66.9 Å². The van der Waals surface area contributed by atoms with Gasteiger partial charge in [-0.1, -0.05) is 24.3 Å². The van der Waals surface area contributed by atoms with Crippen molar-refractivity contribution < 1.29 is 22.8 Å². The van der Waals surface area contributed by atoms with Gasteiger partial charge in [0.1, 0.15) is 5.69 Å². The number of anilines is 1. The molecule has 2 heterocycles. The molecule has 0 saturated carbocycles. The number of carbonyl (C=O) groups is 2. The van der Waals surface area contributed by atoms with Crippen LogP contribution in [0.2, 0.25) is 0 Å². The lowest BCUT2D eigenvalue weighted by molar-refractivity contribution is -0.137. The molecule has 2 N–H and O–H groups in total. The molecule has 1 amide bonds. The van der Waals surface area contributed by atoms with Gasteiger partial charge in [-0.3, -0.25) is 9.59 Å². The summed E-state index contributed by atoms with van der Waals surface area (Å²) in [5, 5.41) is 3.42. The van der Waals surface area contributed by atoms with Gasteiger partial charge in [0.15, 0.2) is 5.78 Å². The van der Waals surface area contributed by atoms with Gasteiger partial charge >= 0.3 is 6.18 Å². The third-order valence-corrected chi connectivity index (χ3v) is 4.87. The Morgan fingerprint density at radius 3 is 2.55 bits per heavy atom. The van der Waals surface area contributed by atoms with Gasteiger partial charge in [-0.25, -0.2) is 4.98 Å². The zero-order valence-corrected chi connectivity index (χ0v) is 16.0. The fourth-order valence-corrected chi connectivity index (χ4v) is 3.30. The molecule has 0 bridgehead atoms. The van der Waals surface area contributed by atoms with E-state index in [1.807, 2.05) is 18.2 Å². The van der Waals surface area contributed by atoms with E-state index in [-0.39, 0.29) is 17.9 Å². The second-order valence-electron chi connectivity index (χ2n) is 6.93. The van der Waals surface area contributed by atoms with E-state index in [0.29, 0.717) is 23.4 Å². The number of pyridine rings is 1. The van der Waals surface area contributed by atoms with Gasteiger partial charge < -0.3 is 10.3 Å². The minimum Gasteiger partial charge on any atom is -0.359 e. The van der Waals surface area contributed by atoms with Gasteiger partial charge in [0.05, 0.1) is 16.9 Å².